The first-order chi connectivity index (χ1) is 22.1. The number of halogens is 3. The topological polar surface area (TPSA) is 183 Å². The molecule has 4 rings (SSSR count). The molecule has 0 unspecified atom stereocenters. The van der Waals surface area contributed by atoms with Crippen LogP contribution in [0.15, 0.2) is 35.3 Å². The summed E-state index contributed by atoms with van der Waals surface area (Å²) >= 11 is 0. The molecular formula is C30H35F3N10O3. The molecule has 16 heteroatoms. The highest BCUT2D eigenvalue weighted by Gasteiger charge is 2.40. The molecule has 2 aliphatic heterocycles. The fraction of sp³-hybridized carbons (Fsp3) is 0.500. The molecule has 1 amide bonds. The smallest absolute Gasteiger partial charge is 0.451 e. The Morgan fingerprint density at radius 1 is 1.02 bits per heavy atom. The lowest BCUT2D eigenvalue weighted by molar-refractivity contribution is -0.144. The Kier molecular flexibility index (Phi) is 11.6. The standard InChI is InChI=1S/C30H35F3N10O3/c31-30(32,33)28-40-24(42-14-8-21(9-15-42)6-12-37-29(39-19-35)38-13-7-26(44)45)17-25(41-28)43-16-10-23(43)27(46)36-11-5-20-1-3-22(18-34)4-2-20/h1-4,17,21,23H,5-16H2,(H,36,46)(H,44,45)(H2,37,38,39)/t23-/m0/s1. The van der Waals surface area contributed by atoms with E-state index in [0.717, 1.165) is 5.56 Å². The number of guanidine groups is 1. The number of benzene rings is 1. The van der Waals surface area contributed by atoms with Crippen molar-refractivity contribution < 1.29 is 27.9 Å². The maximum absolute atomic E-state index is 13.8. The first-order valence-electron chi connectivity index (χ1n) is 15.0. The number of carbonyl (C=O) groups excluding carboxylic acids is 1. The summed E-state index contributed by atoms with van der Waals surface area (Å²) in [5, 5.41) is 34.6. The largest absolute Gasteiger partial charge is 0.481 e. The van der Waals surface area contributed by atoms with E-state index >= 15 is 0 Å². The van der Waals surface area contributed by atoms with Gasteiger partial charge in [-0.3, -0.25) is 19.9 Å². The number of alkyl halides is 3. The van der Waals surface area contributed by atoms with Crippen LogP contribution in [0.1, 0.15) is 49.1 Å². The zero-order chi connectivity index (χ0) is 33.1. The molecule has 244 valence electrons. The lowest BCUT2D eigenvalue weighted by Crippen LogP contribution is -2.57. The minimum Gasteiger partial charge on any atom is -0.481 e. The highest BCUT2D eigenvalue weighted by Crippen LogP contribution is 2.34. The average molecular weight is 641 g/mol. The summed E-state index contributed by atoms with van der Waals surface area (Å²) < 4.78 is 41.5. The lowest BCUT2D eigenvalue weighted by atomic mass is 9.93. The number of rotatable bonds is 12. The molecule has 46 heavy (non-hydrogen) atoms. The minimum absolute atomic E-state index is 0.0557. The fourth-order valence-electron chi connectivity index (χ4n) is 5.28. The predicted octanol–water partition coefficient (Wildman–Crippen LogP) is 2.40. The molecule has 0 bridgehead atoms. The van der Waals surface area contributed by atoms with Gasteiger partial charge in [0.1, 0.15) is 17.7 Å². The van der Waals surface area contributed by atoms with Gasteiger partial charge in [0.2, 0.25) is 17.7 Å². The Morgan fingerprint density at radius 3 is 2.35 bits per heavy atom. The highest BCUT2D eigenvalue weighted by molar-refractivity contribution is 5.86. The van der Waals surface area contributed by atoms with Crippen molar-refractivity contribution in [2.45, 2.75) is 50.7 Å². The van der Waals surface area contributed by atoms with Crippen LogP contribution in [0.2, 0.25) is 0 Å². The van der Waals surface area contributed by atoms with Crippen molar-refractivity contribution in [2.75, 3.05) is 49.1 Å². The quantitative estimate of drug-likeness (QED) is 0.116. The Hall–Kier alpha value is -5.12. The van der Waals surface area contributed by atoms with Gasteiger partial charge in [-0.1, -0.05) is 12.1 Å². The van der Waals surface area contributed by atoms with E-state index in [1.54, 1.807) is 28.1 Å². The molecule has 3 heterocycles. The number of aromatic nitrogens is 2. The highest BCUT2D eigenvalue weighted by atomic mass is 19.4. The zero-order valence-corrected chi connectivity index (χ0v) is 25.1. The van der Waals surface area contributed by atoms with Crippen LogP contribution < -0.4 is 25.8 Å². The molecule has 4 N–H and O–H groups in total. The first kappa shape index (κ1) is 33.8. The van der Waals surface area contributed by atoms with Gasteiger partial charge in [-0.25, -0.2) is 9.97 Å². The molecule has 0 aliphatic carbocycles. The molecule has 13 nitrogen and oxygen atoms in total. The van der Waals surface area contributed by atoms with Crippen molar-refractivity contribution in [3.05, 3.63) is 47.3 Å². The van der Waals surface area contributed by atoms with E-state index in [2.05, 4.69) is 37.0 Å². The molecule has 2 aliphatic rings. The summed E-state index contributed by atoms with van der Waals surface area (Å²) in [6, 6.07) is 9.95. The molecule has 2 saturated heterocycles. The van der Waals surface area contributed by atoms with E-state index < -0.39 is 24.0 Å². The number of aliphatic carboxylic acids is 1. The van der Waals surface area contributed by atoms with E-state index in [4.69, 9.17) is 15.6 Å². The maximum Gasteiger partial charge on any atom is 0.451 e. The summed E-state index contributed by atoms with van der Waals surface area (Å²) in [7, 11) is 0. The summed E-state index contributed by atoms with van der Waals surface area (Å²) in [4.78, 5) is 38.9. The van der Waals surface area contributed by atoms with Crippen LogP contribution in [-0.4, -0.2) is 78.2 Å². The number of nitrogens with zero attached hydrogens (tertiary/aromatic N) is 7. The summed E-state index contributed by atoms with van der Waals surface area (Å²) in [6.07, 6.45) is -0.0364. The van der Waals surface area contributed by atoms with Crippen molar-refractivity contribution in [2.24, 2.45) is 10.9 Å². The normalized spacial score (nSPS) is 17.0. The van der Waals surface area contributed by atoms with Crippen molar-refractivity contribution in [3.63, 3.8) is 0 Å². The SMILES string of the molecule is N#CNC(=NCCC1CCN(c2cc(N3CC[C@H]3C(=O)NCCc3ccc(C#N)cc3)nc(C(F)(F)F)n2)CC1)NCCC(=O)O. The summed E-state index contributed by atoms with van der Waals surface area (Å²) in [5.74, 6) is -1.86. The number of nitriles is 2. The number of piperidine rings is 1. The molecule has 1 atom stereocenters. The Labute approximate surface area is 264 Å². The third kappa shape index (κ3) is 9.44. The fourth-order valence-corrected chi connectivity index (χ4v) is 5.28. The van der Waals surface area contributed by atoms with Gasteiger partial charge >= 0.3 is 12.1 Å². The number of hydrogen-bond donors (Lipinski definition) is 4. The molecule has 1 aromatic heterocycles. The van der Waals surface area contributed by atoms with Crippen LogP contribution in [0.3, 0.4) is 0 Å². The number of carbonyl (C=O) groups is 2. The van der Waals surface area contributed by atoms with Gasteiger partial charge in [-0.05, 0) is 55.7 Å². The van der Waals surface area contributed by atoms with Crippen molar-refractivity contribution >= 4 is 29.5 Å². The van der Waals surface area contributed by atoms with Gasteiger partial charge in [-0.2, -0.15) is 23.7 Å². The van der Waals surface area contributed by atoms with Crippen LogP contribution in [0.25, 0.3) is 0 Å². The third-order valence-corrected chi connectivity index (χ3v) is 7.92. The second-order valence-electron chi connectivity index (χ2n) is 11.0. The Bertz CT molecular complexity index is 1480. The van der Waals surface area contributed by atoms with Crippen molar-refractivity contribution in [1.29, 1.82) is 10.5 Å². The summed E-state index contributed by atoms with van der Waals surface area (Å²) in [5.41, 5.74) is 1.49. The maximum atomic E-state index is 13.8. The molecule has 2 fully saturated rings. The van der Waals surface area contributed by atoms with Gasteiger partial charge in [0.15, 0.2) is 6.19 Å². The average Bonchev–Trinajstić information content (AvgIpc) is 3.00. The number of carboxylic acid groups (broad SMARTS) is 1. The molecular weight excluding hydrogens is 605 g/mol. The van der Waals surface area contributed by atoms with Gasteiger partial charge in [-0.15, -0.1) is 0 Å². The van der Waals surface area contributed by atoms with Gasteiger partial charge in [0.05, 0.1) is 18.1 Å². The molecule has 1 aromatic carbocycles. The van der Waals surface area contributed by atoms with E-state index in [1.807, 2.05) is 12.1 Å². The van der Waals surface area contributed by atoms with Crippen LogP contribution in [0, 0.1) is 28.7 Å². The van der Waals surface area contributed by atoms with E-state index in [9.17, 15) is 22.8 Å². The molecule has 0 spiro atoms. The van der Waals surface area contributed by atoms with Gasteiger partial charge in [0.25, 0.3) is 0 Å². The second-order valence-corrected chi connectivity index (χ2v) is 11.0. The number of carboxylic acids is 1. The Balaban J connectivity index is 1.33. The minimum atomic E-state index is -4.77. The Morgan fingerprint density at radius 2 is 1.74 bits per heavy atom. The van der Waals surface area contributed by atoms with Crippen LogP contribution in [-0.2, 0) is 22.2 Å². The molecule has 0 radical (unpaired) electrons. The number of amides is 1. The van der Waals surface area contributed by atoms with Crippen molar-refractivity contribution in [1.82, 2.24) is 25.9 Å². The molecule has 2 aromatic rings. The predicted molar refractivity (Wildman–Crippen MR) is 162 cm³/mol. The number of nitrogens with one attached hydrogen (secondary N) is 3. The number of hydrogen-bond acceptors (Lipinski definition) is 9. The van der Waals surface area contributed by atoms with E-state index in [1.165, 1.54) is 6.07 Å². The second kappa shape index (κ2) is 15.7. The van der Waals surface area contributed by atoms with Gasteiger partial charge in [0, 0.05) is 45.3 Å². The van der Waals surface area contributed by atoms with Crippen LogP contribution in [0.5, 0.6) is 0 Å². The number of anilines is 2. The first-order valence-corrected chi connectivity index (χ1v) is 15.0. The van der Waals surface area contributed by atoms with Crippen molar-refractivity contribution in [3.8, 4) is 12.3 Å². The van der Waals surface area contributed by atoms with Crippen LogP contribution in [0.4, 0.5) is 24.8 Å². The summed E-state index contributed by atoms with van der Waals surface area (Å²) in [6.45, 7) is 2.18. The lowest BCUT2D eigenvalue weighted by Gasteiger charge is -2.41. The third-order valence-electron chi connectivity index (χ3n) is 7.92. The van der Waals surface area contributed by atoms with E-state index in [0.29, 0.717) is 70.4 Å². The number of aliphatic imine (C=N–C) groups is 1. The molecule has 0 saturated carbocycles. The van der Waals surface area contributed by atoms with Crippen LogP contribution >= 0.6 is 0 Å². The van der Waals surface area contributed by atoms with E-state index in [-0.39, 0.29) is 42.4 Å². The zero-order valence-electron chi connectivity index (χ0n) is 25.1. The van der Waals surface area contributed by atoms with Gasteiger partial charge < -0.3 is 25.5 Å². The monoisotopic (exact) mass is 640 g/mol.